The predicted octanol–water partition coefficient (Wildman–Crippen LogP) is 6.49. The van der Waals surface area contributed by atoms with Gasteiger partial charge in [0.15, 0.2) is 19.7 Å². The second-order valence-electron chi connectivity index (χ2n) is 12.5. The van der Waals surface area contributed by atoms with Crippen LogP contribution in [0, 0.1) is 5.92 Å². The first kappa shape index (κ1) is 34.6. The van der Waals surface area contributed by atoms with E-state index in [-0.39, 0.29) is 9.79 Å². The van der Waals surface area contributed by atoms with Crippen LogP contribution in [0.2, 0.25) is 0 Å². The second-order valence-corrected chi connectivity index (χ2v) is 16.9. The normalized spacial score (nSPS) is 21.4. The molecule has 258 valence electrons. The lowest BCUT2D eigenvalue weighted by atomic mass is 9.88. The summed E-state index contributed by atoms with van der Waals surface area (Å²) in [5.41, 5.74) is 3.23. The average Bonchev–Trinajstić information content (AvgIpc) is 3.15. The third kappa shape index (κ3) is 7.35. The van der Waals surface area contributed by atoms with Gasteiger partial charge >= 0.3 is 5.97 Å². The van der Waals surface area contributed by atoms with Gasteiger partial charge in [-0.1, -0.05) is 43.5 Å². The molecule has 49 heavy (non-hydrogen) atoms. The smallest absolute Gasteiger partial charge is 0.310 e. The number of carbonyl (C=O) groups excluding carboxylic acids is 1. The molecule has 0 radical (unpaired) electrons. The summed E-state index contributed by atoms with van der Waals surface area (Å²) in [7, 11) is -4.67. The molecule has 2 aliphatic carbocycles. The average molecular weight is 705 g/mol. The van der Waals surface area contributed by atoms with E-state index >= 15 is 0 Å². The third-order valence-electron chi connectivity index (χ3n) is 9.64. The highest BCUT2D eigenvalue weighted by atomic mass is 32.2. The highest BCUT2D eigenvalue weighted by molar-refractivity contribution is 7.92. The quantitative estimate of drug-likeness (QED) is 0.168. The zero-order valence-corrected chi connectivity index (χ0v) is 29.2. The van der Waals surface area contributed by atoms with E-state index < -0.39 is 48.2 Å². The van der Waals surface area contributed by atoms with E-state index in [1.165, 1.54) is 14.2 Å². The van der Waals surface area contributed by atoms with Crippen molar-refractivity contribution in [1.82, 2.24) is 9.97 Å². The number of aromatic nitrogens is 2. The Balaban J connectivity index is 1.17. The molecule has 2 aromatic heterocycles. The zero-order chi connectivity index (χ0) is 34.6. The Hall–Kier alpha value is -4.29. The van der Waals surface area contributed by atoms with Crippen molar-refractivity contribution in [3.8, 4) is 34.0 Å². The number of benzene rings is 2. The fourth-order valence-electron chi connectivity index (χ4n) is 6.89. The summed E-state index contributed by atoms with van der Waals surface area (Å²) in [6.45, 7) is 0. The van der Waals surface area contributed by atoms with Crippen molar-refractivity contribution in [2.75, 3.05) is 14.2 Å². The predicted molar refractivity (Wildman–Crippen MR) is 185 cm³/mol. The first-order valence-corrected chi connectivity index (χ1v) is 19.6. The van der Waals surface area contributed by atoms with Crippen LogP contribution in [0.3, 0.4) is 0 Å². The number of rotatable bonds is 10. The summed E-state index contributed by atoms with van der Waals surface area (Å²) in [6, 6.07) is 20.4. The van der Waals surface area contributed by atoms with Crippen LogP contribution in [0.4, 0.5) is 0 Å². The third-order valence-corrected chi connectivity index (χ3v) is 14.2. The molecule has 0 spiro atoms. The van der Waals surface area contributed by atoms with E-state index in [0.29, 0.717) is 56.7 Å². The molecule has 6 rings (SSSR count). The lowest BCUT2D eigenvalue weighted by Gasteiger charge is -2.34. The molecule has 2 heterocycles. The summed E-state index contributed by atoms with van der Waals surface area (Å²) in [4.78, 5) is 22.5. The van der Waals surface area contributed by atoms with Crippen LogP contribution in [-0.2, 0) is 29.2 Å². The number of methoxy groups -OCH3 is 2. The van der Waals surface area contributed by atoms with E-state index in [9.17, 15) is 21.6 Å². The topological polar surface area (TPSA) is 139 Å². The minimum absolute atomic E-state index is 0.134. The Morgan fingerprint density at radius 2 is 1.00 bits per heavy atom. The SMILES string of the molecule is COc1ccc(-c2ccc(S(=O)(=O)C3CCCCC3OC(=O)C3CCCCC3S(=O)(=O)c3ccc(-c4ccc(OC)nc4)cc3)cc2)cn1. The summed E-state index contributed by atoms with van der Waals surface area (Å²) >= 11 is 0. The van der Waals surface area contributed by atoms with Crippen LogP contribution >= 0.6 is 0 Å². The van der Waals surface area contributed by atoms with Crippen LogP contribution in [0.25, 0.3) is 22.3 Å². The van der Waals surface area contributed by atoms with Gasteiger partial charge in [-0.15, -0.1) is 0 Å². The van der Waals surface area contributed by atoms with E-state index in [2.05, 4.69) is 9.97 Å². The molecule has 0 aliphatic heterocycles. The Kier molecular flexibility index (Phi) is 10.4. The van der Waals surface area contributed by atoms with E-state index in [0.717, 1.165) is 28.7 Å². The van der Waals surface area contributed by atoms with Gasteiger partial charge in [-0.05, 0) is 79.6 Å². The van der Waals surface area contributed by atoms with Gasteiger partial charge in [-0.3, -0.25) is 4.79 Å². The standard InChI is InChI=1S/C37H40N2O8S2/c1-45-35-21-15-27(23-38-35)25-11-17-29(18-12-25)48(41,42)33-9-5-3-7-31(33)37(40)47-32-8-4-6-10-34(32)49(43,44)30-19-13-26(14-20-30)28-16-22-36(46-2)39-24-28/h11-24,31-34H,3-10H2,1-2H3. The number of hydrogen-bond acceptors (Lipinski definition) is 10. The molecule has 4 atom stereocenters. The minimum atomic E-state index is -3.89. The van der Waals surface area contributed by atoms with E-state index in [1.807, 2.05) is 12.1 Å². The molecule has 2 fully saturated rings. The monoisotopic (exact) mass is 704 g/mol. The molecular weight excluding hydrogens is 665 g/mol. The number of pyridine rings is 2. The Morgan fingerprint density at radius 1 is 0.571 bits per heavy atom. The molecule has 0 saturated heterocycles. The molecular formula is C37H40N2O8S2. The van der Waals surface area contributed by atoms with Crippen LogP contribution in [0.1, 0.15) is 51.4 Å². The van der Waals surface area contributed by atoms with Crippen LogP contribution in [0.15, 0.2) is 95.0 Å². The molecule has 4 aromatic rings. The Bertz CT molecular complexity index is 1960. The van der Waals surface area contributed by atoms with E-state index in [1.54, 1.807) is 73.1 Å². The molecule has 4 unspecified atom stereocenters. The summed E-state index contributed by atoms with van der Waals surface area (Å²) < 4.78 is 72.0. The number of ether oxygens (including phenoxy) is 3. The van der Waals surface area contributed by atoms with Gasteiger partial charge in [-0.25, -0.2) is 26.8 Å². The number of nitrogens with zero attached hydrogens (tertiary/aromatic N) is 2. The minimum Gasteiger partial charge on any atom is -0.481 e. The van der Waals surface area contributed by atoms with Crippen molar-refractivity contribution in [1.29, 1.82) is 0 Å². The van der Waals surface area contributed by atoms with Crippen LogP contribution in [0.5, 0.6) is 11.8 Å². The molecule has 2 aliphatic rings. The highest BCUT2D eigenvalue weighted by Crippen LogP contribution is 2.37. The lowest BCUT2D eigenvalue weighted by Crippen LogP contribution is -2.44. The first-order chi connectivity index (χ1) is 23.6. The molecule has 0 bridgehead atoms. The molecule has 12 heteroatoms. The van der Waals surface area contributed by atoms with Gasteiger partial charge in [0.2, 0.25) is 11.8 Å². The van der Waals surface area contributed by atoms with Crippen molar-refractivity contribution in [3.63, 3.8) is 0 Å². The van der Waals surface area contributed by atoms with Crippen molar-refractivity contribution in [2.24, 2.45) is 5.92 Å². The van der Waals surface area contributed by atoms with Gasteiger partial charge in [-0.2, -0.15) is 0 Å². The Labute approximate surface area is 287 Å². The zero-order valence-electron chi connectivity index (χ0n) is 27.5. The lowest BCUT2D eigenvalue weighted by molar-refractivity contribution is -0.156. The summed E-state index contributed by atoms with van der Waals surface area (Å²) in [6.07, 6.45) is 6.68. The number of carbonyl (C=O) groups is 1. The molecule has 10 nitrogen and oxygen atoms in total. The summed E-state index contributed by atoms with van der Waals surface area (Å²) in [5.74, 6) is -0.557. The van der Waals surface area contributed by atoms with Crippen LogP contribution < -0.4 is 9.47 Å². The Morgan fingerprint density at radius 3 is 1.47 bits per heavy atom. The maximum atomic E-state index is 14.0. The van der Waals surface area contributed by atoms with Crippen molar-refractivity contribution >= 4 is 25.6 Å². The maximum Gasteiger partial charge on any atom is 0.310 e. The first-order valence-electron chi connectivity index (χ1n) is 16.5. The van der Waals surface area contributed by atoms with Gasteiger partial charge in [0.25, 0.3) is 0 Å². The molecule has 0 N–H and O–H groups in total. The van der Waals surface area contributed by atoms with Gasteiger partial charge < -0.3 is 14.2 Å². The van der Waals surface area contributed by atoms with Gasteiger partial charge in [0.1, 0.15) is 11.4 Å². The number of sulfone groups is 2. The van der Waals surface area contributed by atoms with Crippen LogP contribution in [-0.4, -0.2) is 63.6 Å². The van der Waals surface area contributed by atoms with Crippen molar-refractivity contribution < 1.29 is 35.8 Å². The number of hydrogen-bond donors (Lipinski definition) is 0. The maximum absolute atomic E-state index is 14.0. The summed E-state index contributed by atoms with van der Waals surface area (Å²) in [5, 5.41) is -1.88. The largest absolute Gasteiger partial charge is 0.481 e. The van der Waals surface area contributed by atoms with Crippen molar-refractivity contribution in [3.05, 3.63) is 85.2 Å². The fraction of sp³-hybridized carbons (Fsp3) is 0.378. The van der Waals surface area contributed by atoms with Gasteiger partial charge in [0, 0.05) is 35.7 Å². The molecule has 0 amide bonds. The molecule has 2 saturated carbocycles. The van der Waals surface area contributed by atoms with Gasteiger partial charge in [0.05, 0.1) is 35.2 Å². The number of esters is 1. The highest BCUT2D eigenvalue weighted by Gasteiger charge is 2.44. The second kappa shape index (κ2) is 14.7. The molecule has 2 aromatic carbocycles. The van der Waals surface area contributed by atoms with E-state index in [4.69, 9.17) is 14.2 Å². The van der Waals surface area contributed by atoms with Crippen molar-refractivity contribution in [2.45, 2.75) is 77.8 Å². The fourth-order valence-corrected chi connectivity index (χ4v) is 10.8.